The predicted octanol–water partition coefficient (Wildman–Crippen LogP) is 2.49. The molecule has 1 aromatic carbocycles. The van der Waals surface area contributed by atoms with Gasteiger partial charge in [-0.25, -0.2) is 9.97 Å². The van der Waals surface area contributed by atoms with E-state index in [2.05, 4.69) is 9.97 Å². The molecule has 30 heavy (non-hydrogen) atoms. The fourth-order valence-electron chi connectivity index (χ4n) is 3.34. The van der Waals surface area contributed by atoms with Crippen molar-refractivity contribution in [1.29, 1.82) is 0 Å². The molecule has 1 saturated heterocycles. The first kappa shape index (κ1) is 19.9. The highest BCUT2D eigenvalue weighted by Gasteiger charge is 2.32. The smallest absolute Gasteiger partial charge is 0.416 e. The van der Waals surface area contributed by atoms with E-state index in [4.69, 9.17) is 4.74 Å². The Labute approximate surface area is 168 Å². The number of rotatable bonds is 4. The first-order valence-electron chi connectivity index (χ1n) is 9.23. The van der Waals surface area contributed by atoms with E-state index in [9.17, 15) is 22.8 Å². The van der Waals surface area contributed by atoms with Gasteiger partial charge in [0.15, 0.2) is 0 Å². The van der Waals surface area contributed by atoms with Gasteiger partial charge in [-0.05, 0) is 18.2 Å². The highest BCUT2D eigenvalue weighted by Crippen LogP contribution is 2.31. The number of nitrogens with zero attached hydrogens (tertiary/aromatic N) is 4. The molecular weight excluding hydrogens is 401 g/mol. The largest absolute Gasteiger partial charge is 0.472 e. The van der Waals surface area contributed by atoms with Crippen LogP contribution in [0.2, 0.25) is 0 Å². The molecule has 0 aliphatic carbocycles. The number of benzene rings is 1. The van der Waals surface area contributed by atoms with Gasteiger partial charge in [-0.2, -0.15) is 13.2 Å². The molecule has 7 nitrogen and oxygen atoms in total. The van der Waals surface area contributed by atoms with Crippen molar-refractivity contribution in [3.05, 3.63) is 64.8 Å². The molecule has 2 aromatic heterocycles. The minimum atomic E-state index is -4.49. The Morgan fingerprint density at radius 3 is 2.80 bits per heavy atom. The number of hydrogen-bond acceptors (Lipinski definition) is 5. The van der Waals surface area contributed by atoms with Crippen molar-refractivity contribution >= 4 is 16.8 Å². The molecule has 1 atom stereocenters. The molecule has 0 radical (unpaired) electrons. The molecule has 1 aliphatic rings. The lowest BCUT2D eigenvalue weighted by Crippen LogP contribution is -2.36. The van der Waals surface area contributed by atoms with Crippen molar-refractivity contribution in [2.24, 2.45) is 0 Å². The Bertz CT molecular complexity index is 1150. The Balaban J connectivity index is 1.41. The van der Waals surface area contributed by atoms with Gasteiger partial charge in [0, 0.05) is 25.2 Å². The fourth-order valence-corrected chi connectivity index (χ4v) is 3.34. The van der Waals surface area contributed by atoms with Crippen LogP contribution >= 0.6 is 0 Å². The molecule has 1 aliphatic heterocycles. The van der Waals surface area contributed by atoms with Crippen LogP contribution in [0.25, 0.3) is 10.9 Å². The van der Waals surface area contributed by atoms with Gasteiger partial charge in [-0.1, -0.05) is 12.1 Å². The van der Waals surface area contributed by atoms with Gasteiger partial charge in [0.1, 0.15) is 12.6 Å². The summed E-state index contributed by atoms with van der Waals surface area (Å²) < 4.78 is 45.2. The third-order valence-corrected chi connectivity index (χ3v) is 4.88. The van der Waals surface area contributed by atoms with Crippen LogP contribution in [0.4, 0.5) is 13.2 Å². The lowest BCUT2D eigenvalue weighted by atomic mass is 10.2. The second-order valence-electron chi connectivity index (χ2n) is 6.94. The number of likely N-dealkylation sites (tertiary alicyclic amines) is 1. The molecule has 156 valence electrons. The number of amides is 1. The maximum atomic E-state index is 12.8. The monoisotopic (exact) mass is 418 g/mol. The van der Waals surface area contributed by atoms with Gasteiger partial charge in [-0.15, -0.1) is 0 Å². The summed E-state index contributed by atoms with van der Waals surface area (Å²) in [7, 11) is 0. The summed E-state index contributed by atoms with van der Waals surface area (Å²) in [6.45, 7) is 0.399. The molecular formula is C20H17F3N4O3. The average molecular weight is 418 g/mol. The van der Waals surface area contributed by atoms with E-state index in [1.807, 2.05) is 0 Å². The van der Waals surface area contributed by atoms with Crippen LogP contribution in [0, 0.1) is 0 Å². The van der Waals surface area contributed by atoms with Crippen LogP contribution < -0.4 is 10.3 Å². The van der Waals surface area contributed by atoms with Crippen molar-refractivity contribution in [2.45, 2.75) is 25.2 Å². The highest BCUT2D eigenvalue weighted by atomic mass is 19.4. The molecule has 0 unspecified atom stereocenters. The zero-order valence-corrected chi connectivity index (χ0v) is 15.7. The van der Waals surface area contributed by atoms with Crippen molar-refractivity contribution < 1.29 is 22.7 Å². The summed E-state index contributed by atoms with van der Waals surface area (Å²) in [6, 6.07) is 8.56. The minimum absolute atomic E-state index is 0.140. The number of alkyl halides is 3. The number of halogens is 3. The second-order valence-corrected chi connectivity index (χ2v) is 6.94. The molecule has 0 bridgehead atoms. The summed E-state index contributed by atoms with van der Waals surface area (Å²) in [6.07, 6.45) is -2.14. The number of carbonyl (C=O) groups excluding carboxylic acids is 1. The van der Waals surface area contributed by atoms with E-state index in [1.54, 1.807) is 24.3 Å². The molecule has 4 rings (SSSR count). The van der Waals surface area contributed by atoms with Gasteiger partial charge in [0.25, 0.3) is 5.56 Å². The number of ether oxygens (including phenoxy) is 1. The Kier molecular flexibility index (Phi) is 5.15. The second kappa shape index (κ2) is 7.77. The molecule has 0 saturated carbocycles. The number of para-hydroxylation sites is 1. The van der Waals surface area contributed by atoms with Crippen molar-refractivity contribution in [3.8, 4) is 5.88 Å². The topological polar surface area (TPSA) is 77.3 Å². The van der Waals surface area contributed by atoms with Crippen LogP contribution in [0.5, 0.6) is 5.88 Å². The van der Waals surface area contributed by atoms with E-state index in [0.717, 1.165) is 18.3 Å². The average Bonchev–Trinajstić information content (AvgIpc) is 3.18. The molecule has 1 amide bonds. The SMILES string of the molecule is O=C(Cn1cnc2ccccc2c1=O)N1CC[C@@H](Oc2cc(C(F)(F)F)ccn2)C1. The van der Waals surface area contributed by atoms with E-state index in [0.29, 0.717) is 23.9 Å². The molecule has 1 fully saturated rings. The molecule has 0 N–H and O–H groups in total. The Morgan fingerprint density at radius 2 is 2.00 bits per heavy atom. The van der Waals surface area contributed by atoms with Crippen molar-refractivity contribution in [1.82, 2.24) is 19.4 Å². The lowest BCUT2D eigenvalue weighted by Gasteiger charge is -2.18. The van der Waals surface area contributed by atoms with Gasteiger partial charge >= 0.3 is 6.18 Å². The van der Waals surface area contributed by atoms with Crippen molar-refractivity contribution in [3.63, 3.8) is 0 Å². The van der Waals surface area contributed by atoms with Crippen LogP contribution in [0.15, 0.2) is 53.7 Å². The quantitative estimate of drug-likeness (QED) is 0.651. The van der Waals surface area contributed by atoms with Gasteiger partial charge in [0.05, 0.1) is 29.3 Å². The highest BCUT2D eigenvalue weighted by molar-refractivity contribution is 5.79. The van der Waals surface area contributed by atoms with Crippen LogP contribution in [0.3, 0.4) is 0 Å². The zero-order chi connectivity index (χ0) is 21.3. The number of carbonyl (C=O) groups is 1. The molecule has 10 heteroatoms. The summed E-state index contributed by atoms with van der Waals surface area (Å²) in [5, 5.41) is 0.422. The maximum Gasteiger partial charge on any atom is 0.416 e. The van der Waals surface area contributed by atoms with Gasteiger partial charge in [0.2, 0.25) is 11.8 Å². The predicted molar refractivity (Wildman–Crippen MR) is 101 cm³/mol. The third-order valence-electron chi connectivity index (χ3n) is 4.88. The minimum Gasteiger partial charge on any atom is -0.472 e. The van der Waals surface area contributed by atoms with E-state index < -0.39 is 17.8 Å². The summed E-state index contributed by atoms with van der Waals surface area (Å²) in [5.41, 5.74) is -0.606. The molecule has 0 spiro atoms. The lowest BCUT2D eigenvalue weighted by molar-refractivity contribution is -0.137. The molecule has 3 heterocycles. The Hall–Kier alpha value is -3.43. The first-order chi connectivity index (χ1) is 14.3. The normalized spacial score (nSPS) is 16.8. The van der Waals surface area contributed by atoms with Crippen LogP contribution in [-0.2, 0) is 17.5 Å². The van der Waals surface area contributed by atoms with Gasteiger partial charge < -0.3 is 9.64 Å². The standard InChI is InChI=1S/C20H17F3N4O3/c21-20(22,23)13-5-7-24-17(9-13)30-14-6-8-26(10-14)18(28)11-27-12-25-16-4-2-1-3-15(16)19(27)29/h1-5,7,9,12,14H,6,8,10-11H2/t14-/m1/s1. The summed E-state index contributed by atoms with van der Waals surface area (Å²) >= 11 is 0. The maximum absolute atomic E-state index is 12.8. The number of hydrogen-bond donors (Lipinski definition) is 0. The van der Waals surface area contributed by atoms with E-state index >= 15 is 0 Å². The van der Waals surface area contributed by atoms with E-state index in [-0.39, 0.29) is 30.4 Å². The van der Waals surface area contributed by atoms with E-state index in [1.165, 1.54) is 15.8 Å². The fraction of sp³-hybridized carbons (Fsp3) is 0.300. The van der Waals surface area contributed by atoms with Crippen LogP contribution in [0.1, 0.15) is 12.0 Å². The first-order valence-corrected chi connectivity index (χ1v) is 9.23. The third kappa shape index (κ3) is 4.12. The van der Waals surface area contributed by atoms with Crippen molar-refractivity contribution in [2.75, 3.05) is 13.1 Å². The Morgan fingerprint density at radius 1 is 1.20 bits per heavy atom. The summed E-state index contributed by atoms with van der Waals surface area (Å²) in [4.78, 5) is 34.6. The van der Waals surface area contributed by atoms with Gasteiger partial charge in [-0.3, -0.25) is 14.2 Å². The molecule has 3 aromatic rings. The zero-order valence-electron chi connectivity index (χ0n) is 15.7. The summed E-state index contributed by atoms with van der Waals surface area (Å²) in [5.74, 6) is -0.434. The van der Waals surface area contributed by atoms with Crippen LogP contribution in [-0.4, -0.2) is 44.5 Å². The number of fused-ring (bicyclic) bond motifs is 1. The number of pyridine rings is 1. The number of aromatic nitrogens is 3.